The number of pyridine rings is 1. The zero-order valence-electron chi connectivity index (χ0n) is 13.7. The summed E-state index contributed by atoms with van der Waals surface area (Å²) >= 11 is 0. The van der Waals surface area contributed by atoms with Crippen LogP contribution in [0.3, 0.4) is 0 Å². The lowest BCUT2D eigenvalue weighted by Gasteiger charge is -2.35. The van der Waals surface area contributed by atoms with Crippen molar-refractivity contribution in [3.63, 3.8) is 0 Å². The van der Waals surface area contributed by atoms with Gasteiger partial charge in [0.1, 0.15) is 5.65 Å². The topological polar surface area (TPSA) is 31.9 Å². The summed E-state index contributed by atoms with van der Waals surface area (Å²) in [7, 11) is 0. The molecule has 0 saturated carbocycles. The third kappa shape index (κ3) is 2.98. The van der Waals surface area contributed by atoms with Gasteiger partial charge in [-0.15, -0.1) is 0 Å². The predicted molar refractivity (Wildman–Crippen MR) is 88.4 cm³/mol. The van der Waals surface area contributed by atoms with Crippen LogP contribution < -0.4 is 0 Å². The fourth-order valence-corrected chi connectivity index (χ4v) is 3.90. The first kappa shape index (κ1) is 14.6. The number of aromatic nitrogens is 2. The molecule has 0 amide bonds. The summed E-state index contributed by atoms with van der Waals surface area (Å²) in [4.78, 5) is 10.7. The SMILES string of the molecule is CC(C)c1[nH]c2ncccc2c1CN1C[C@@H](C)C[C@H](C)C1. The second-order valence-electron chi connectivity index (χ2n) is 7.21. The molecule has 3 nitrogen and oxygen atoms in total. The molecule has 21 heavy (non-hydrogen) atoms. The van der Waals surface area contributed by atoms with Crippen LogP contribution in [0.15, 0.2) is 18.3 Å². The Morgan fingerprint density at radius 2 is 2.00 bits per heavy atom. The summed E-state index contributed by atoms with van der Waals surface area (Å²) in [5, 5.41) is 1.30. The van der Waals surface area contributed by atoms with E-state index in [-0.39, 0.29) is 0 Å². The minimum atomic E-state index is 0.508. The number of fused-ring (bicyclic) bond motifs is 1. The largest absolute Gasteiger partial charge is 0.343 e. The van der Waals surface area contributed by atoms with Gasteiger partial charge in [0.25, 0.3) is 0 Å². The first-order valence-corrected chi connectivity index (χ1v) is 8.22. The maximum absolute atomic E-state index is 4.49. The third-order valence-corrected chi connectivity index (χ3v) is 4.61. The van der Waals surface area contributed by atoms with Crippen LogP contribution in [-0.4, -0.2) is 28.0 Å². The van der Waals surface area contributed by atoms with E-state index in [9.17, 15) is 0 Å². The zero-order chi connectivity index (χ0) is 15.0. The fraction of sp³-hybridized carbons (Fsp3) is 0.611. The molecule has 0 spiro atoms. The van der Waals surface area contributed by atoms with Crippen molar-refractivity contribution in [2.75, 3.05) is 13.1 Å². The van der Waals surface area contributed by atoms with E-state index in [2.05, 4.69) is 48.6 Å². The van der Waals surface area contributed by atoms with Gasteiger partial charge in [-0.25, -0.2) is 4.98 Å². The molecule has 0 aliphatic carbocycles. The van der Waals surface area contributed by atoms with Gasteiger partial charge in [0, 0.05) is 36.9 Å². The van der Waals surface area contributed by atoms with E-state index in [1.54, 1.807) is 0 Å². The molecule has 0 unspecified atom stereocenters. The van der Waals surface area contributed by atoms with Gasteiger partial charge in [-0.1, -0.05) is 27.7 Å². The molecule has 3 heterocycles. The second-order valence-corrected chi connectivity index (χ2v) is 7.21. The molecular formula is C18H27N3. The second kappa shape index (κ2) is 5.80. The Morgan fingerprint density at radius 3 is 2.67 bits per heavy atom. The molecule has 1 saturated heterocycles. The Labute approximate surface area is 127 Å². The molecular weight excluding hydrogens is 258 g/mol. The maximum atomic E-state index is 4.49. The lowest BCUT2D eigenvalue weighted by Crippen LogP contribution is -2.38. The molecule has 0 radical (unpaired) electrons. The van der Waals surface area contributed by atoms with E-state index in [1.165, 1.54) is 36.2 Å². The summed E-state index contributed by atoms with van der Waals surface area (Å²) in [6.45, 7) is 12.8. The molecule has 1 aliphatic rings. The summed E-state index contributed by atoms with van der Waals surface area (Å²) in [6.07, 6.45) is 3.24. The average molecular weight is 285 g/mol. The van der Waals surface area contributed by atoms with Crippen molar-refractivity contribution in [2.45, 2.75) is 46.6 Å². The van der Waals surface area contributed by atoms with Crippen molar-refractivity contribution in [1.29, 1.82) is 0 Å². The maximum Gasteiger partial charge on any atom is 0.137 e. The molecule has 0 aromatic carbocycles. The Hall–Kier alpha value is -1.35. The Morgan fingerprint density at radius 1 is 1.29 bits per heavy atom. The number of nitrogens with zero attached hydrogens (tertiary/aromatic N) is 2. The van der Waals surface area contributed by atoms with E-state index >= 15 is 0 Å². The van der Waals surface area contributed by atoms with E-state index < -0.39 is 0 Å². The van der Waals surface area contributed by atoms with E-state index in [4.69, 9.17) is 0 Å². The highest BCUT2D eigenvalue weighted by Crippen LogP contribution is 2.30. The van der Waals surface area contributed by atoms with Crippen molar-refractivity contribution in [3.05, 3.63) is 29.6 Å². The van der Waals surface area contributed by atoms with Gasteiger partial charge in [0.15, 0.2) is 0 Å². The van der Waals surface area contributed by atoms with Crippen LogP contribution in [0.1, 0.15) is 51.3 Å². The number of piperidine rings is 1. The van der Waals surface area contributed by atoms with Crippen molar-refractivity contribution < 1.29 is 0 Å². The zero-order valence-corrected chi connectivity index (χ0v) is 13.7. The van der Waals surface area contributed by atoms with Crippen LogP contribution in [0.2, 0.25) is 0 Å². The predicted octanol–water partition coefficient (Wildman–Crippen LogP) is 4.16. The van der Waals surface area contributed by atoms with Gasteiger partial charge in [-0.3, -0.25) is 4.90 Å². The number of hydrogen-bond acceptors (Lipinski definition) is 2. The summed E-state index contributed by atoms with van der Waals surface area (Å²) in [6, 6.07) is 4.25. The summed E-state index contributed by atoms with van der Waals surface area (Å²) < 4.78 is 0. The molecule has 1 N–H and O–H groups in total. The standard InChI is InChI=1S/C18H27N3/c1-12(2)17-16(15-6-5-7-19-18(15)20-17)11-21-9-13(3)8-14(4)10-21/h5-7,12-14H,8-11H2,1-4H3,(H,19,20)/t13-,14-/m0/s1. The minimum absolute atomic E-state index is 0.508. The first-order chi connectivity index (χ1) is 10.0. The lowest BCUT2D eigenvalue weighted by molar-refractivity contribution is 0.134. The lowest BCUT2D eigenvalue weighted by atomic mass is 9.91. The summed E-state index contributed by atoms with van der Waals surface area (Å²) in [5.74, 6) is 2.12. The van der Waals surface area contributed by atoms with Crippen molar-refractivity contribution in [2.24, 2.45) is 11.8 Å². The number of nitrogens with one attached hydrogen (secondary N) is 1. The molecule has 3 rings (SSSR count). The Kier molecular flexibility index (Phi) is 4.03. The number of likely N-dealkylation sites (tertiary alicyclic amines) is 1. The van der Waals surface area contributed by atoms with Crippen LogP contribution in [0.25, 0.3) is 11.0 Å². The van der Waals surface area contributed by atoms with Gasteiger partial charge in [0.2, 0.25) is 0 Å². The molecule has 1 fully saturated rings. The van der Waals surface area contributed by atoms with E-state index in [0.717, 1.165) is 24.0 Å². The smallest absolute Gasteiger partial charge is 0.137 e. The van der Waals surface area contributed by atoms with Gasteiger partial charge < -0.3 is 4.98 Å². The average Bonchev–Trinajstić information content (AvgIpc) is 2.77. The third-order valence-electron chi connectivity index (χ3n) is 4.61. The number of H-pyrrole nitrogens is 1. The molecule has 2 atom stereocenters. The molecule has 0 bridgehead atoms. The van der Waals surface area contributed by atoms with Crippen molar-refractivity contribution in [1.82, 2.24) is 14.9 Å². The monoisotopic (exact) mass is 285 g/mol. The Bertz CT molecular complexity index is 604. The minimum Gasteiger partial charge on any atom is -0.343 e. The molecule has 2 aromatic heterocycles. The number of hydrogen-bond donors (Lipinski definition) is 1. The molecule has 1 aliphatic heterocycles. The fourth-order valence-electron chi connectivity index (χ4n) is 3.90. The number of aromatic amines is 1. The Balaban J connectivity index is 1.93. The molecule has 2 aromatic rings. The van der Waals surface area contributed by atoms with Gasteiger partial charge in [0.05, 0.1) is 0 Å². The summed E-state index contributed by atoms with van der Waals surface area (Å²) in [5.41, 5.74) is 3.85. The van der Waals surface area contributed by atoms with Crippen LogP contribution in [0, 0.1) is 11.8 Å². The number of rotatable bonds is 3. The highest BCUT2D eigenvalue weighted by molar-refractivity contribution is 5.81. The van der Waals surface area contributed by atoms with Crippen LogP contribution >= 0.6 is 0 Å². The molecule has 114 valence electrons. The first-order valence-electron chi connectivity index (χ1n) is 8.22. The van der Waals surface area contributed by atoms with Crippen molar-refractivity contribution >= 4 is 11.0 Å². The van der Waals surface area contributed by atoms with Crippen LogP contribution in [-0.2, 0) is 6.54 Å². The normalized spacial score (nSPS) is 24.0. The van der Waals surface area contributed by atoms with Gasteiger partial charge in [-0.2, -0.15) is 0 Å². The highest BCUT2D eigenvalue weighted by atomic mass is 15.1. The van der Waals surface area contributed by atoms with Crippen molar-refractivity contribution in [3.8, 4) is 0 Å². The van der Waals surface area contributed by atoms with Gasteiger partial charge >= 0.3 is 0 Å². The molecule has 3 heteroatoms. The van der Waals surface area contributed by atoms with E-state index in [0.29, 0.717) is 5.92 Å². The van der Waals surface area contributed by atoms with Crippen LogP contribution in [0.4, 0.5) is 0 Å². The van der Waals surface area contributed by atoms with E-state index in [1.807, 2.05) is 12.3 Å². The van der Waals surface area contributed by atoms with Gasteiger partial charge in [-0.05, 0) is 41.9 Å². The van der Waals surface area contributed by atoms with Crippen LogP contribution in [0.5, 0.6) is 0 Å². The quantitative estimate of drug-likeness (QED) is 0.918. The highest BCUT2D eigenvalue weighted by Gasteiger charge is 2.24.